The zero-order valence-electron chi connectivity index (χ0n) is 9.36. The standard InChI is InChI=1S/C10H23N3S/c1-3-4-5-6-7-8-9-12-13-10(14)11-2/h12H,3-9H2,1-2H3,(H2,11,13,14). The van der Waals surface area contributed by atoms with Crippen molar-refractivity contribution in [3.8, 4) is 0 Å². The monoisotopic (exact) mass is 217 g/mol. The Balaban J connectivity index is 2.95. The Morgan fingerprint density at radius 1 is 1.07 bits per heavy atom. The van der Waals surface area contributed by atoms with Gasteiger partial charge < -0.3 is 5.32 Å². The van der Waals surface area contributed by atoms with Crippen molar-refractivity contribution in [2.45, 2.75) is 45.4 Å². The molecule has 0 rings (SSSR count). The number of hydrazine groups is 1. The Labute approximate surface area is 93.0 Å². The van der Waals surface area contributed by atoms with Crippen LogP contribution in [-0.2, 0) is 0 Å². The highest BCUT2D eigenvalue weighted by Crippen LogP contribution is 2.03. The van der Waals surface area contributed by atoms with E-state index in [1.807, 2.05) is 7.05 Å². The fourth-order valence-electron chi connectivity index (χ4n) is 1.20. The summed E-state index contributed by atoms with van der Waals surface area (Å²) in [5.41, 5.74) is 5.98. The van der Waals surface area contributed by atoms with Crippen molar-refractivity contribution < 1.29 is 0 Å². The SMILES string of the molecule is CCCCCCCCNNC(=S)NC. The minimum atomic E-state index is 0.649. The topological polar surface area (TPSA) is 36.1 Å². The van der Waals surface area contributed by atoms with Gasteiger partial charge in [0.05, 0.1) is 0 Å². The zero-order valence-corrected chi connectivity index (χ0v) is 10.2. The van der Waals surface area contributed by atoms with Crippen molar-refractivity contribution in [1.82, 2.24) is 16.2 Å². The van der Waals surface area contributed by atoms with Gasteiger partial charge in [-0.1, -0.05) is 39.0 Å². The molecule has 0 spiro atoms. The first-order valence-electron chi connectivity index (χ1n) is 5.51. The molecule has 0 atom stereocenters. The fourth-order valence-corrected chi connectivity index (χ4v) is 1.27. The molecule has 0 saturated heterocycles. The number of hydrogen-bond donors (Lipinski definition) is 3. The van der Waals surface area contributed by atoms with Crippen molar-refractivity contribution in [3.63, 3.8) is 0 Å². The Kier molecular flexibility index (Phi) is 10.5. The van der Waals surface area contributed by atoms with Gasteiger partial charge in [-0.25, -0.2) is 5.43 Å². The first-order valence-corrected chi connectivity index (χ1v) is 5.92. The molecular formula is C10H23N3S. The zero-order chi connectivity index (χ0) is 10.6. The predicted octanol–water partition coefficient (Wildman–Crippen LogP) is 1.95. The van der Waals surface area contributed by atoms with Crippen LogP contribution in [0.5, 0.6) is 0 Å². The third-order valence-electron chi connectivity index (χ3n) is 2.08. The van der Waals surface area contributed by atoms with Crippen LogP contribution in [0.2, 0.25) is 0 Å². The summed E-state index contributed by atoms with van der Waals surface area (Å²) >= 11 is 4.91. The van der Waals surface area contributed by atoms with E-state index >= 15 is 0 Å². The average molecular weight is 217 g/mol. The maximum absolute atomic E-state index is 4.91. The molecule has 3 N–H and O–H groups in total. The van der Waals surface area contributed by atoms with Crippen LogP contribution in [0.25, 0.3) is 0 Å². The number of nitrogens with one attached hydrogen (secondary N) is 3. The van der Waals surface area contributed by atoms with Crippen LogP contribution in [0.3, 0.4) is 0 Å². The quantitative estimate of drug-likeness (QED) is 0.330. The lowest BCUT2D eigenvalue weighted by Gasteiger charge is -2.08. The third-order valence-corrected chi connectivity index (χ3v) is 2.39. The fraction of sp³-hybridized carbons (Fsp3) is 0.900. The lowest BCUT2D eigenvalue weighted by atomic mass is 10.1. The summed E-state index contributed by atoms with van der Waals surface area (Å²) in [5.74, 6) is 0. The normalized spacial score (nSPS) is 9.86. The molecule has 0 aromatic rings. The number of hydrogen-bond acceptors (Lipinski definition) is 2. The summed E-state index contributed by atoms with van der Waals surface area (Å²) in [6, 6.07) is 0. The summed E-state index contributed by atoms with van der Waals surface area (Å²) in [6.45, 7) is 3.22. The molecule has 0 saturated carbocycles. The van der Waals surface area contributed by atoms with E-state index in [0.29, 0.717) is 5.11 Å². The van der Waals surface area contributed by atoms with E-state index < -0.39 is 0 Å². The van der Waals surface area contributed by atoms with Crippen molar-refractivity contribution in [2.75, 3.05) is 13.6 Å². The highest BCUT2D eigenvalue weighted by Gasteiger charge is 1.91. The molecule has 14 heavy (non-hydrogen) atoms. The minimum absolute atomic E-state index is 0.649. The molecule has 0 heterocycles. The third kappa shape index (κ3) is 9.74. The molecule has 0 bridgehead atoms. The van der Waals surface area contributed by atoms with Crippen molar-refractivity contribution in [1.29, 1.82) is 0 Å². The lowest BCUT2D eigenvalue weighted by molar-refractivity contribution is 0.558. The van der Waals surface area contributed by atoms with Gasteiger partial charge in [0.2, 0.25) is 0 Å². The van der Waals surface area contributed by atoms with Gasteiger partial charge in [0.25, 0.3) is 0 Å². The second-order valence-electron chi connectivity index (χ2n) is 3.40. The van der Waals surface area contributed by atoms with Crippen LogP contribution in [0.1, 0.15) is 45.4 Å². The molecule has 0 amide bonds. The van der Waals surface area contributed by atoms with E-state index in [2.05, 4.69) is 23.1 Å². The maximum Gasteiger partial charge on any atom is 0.180 e. The number of rotatable bonds is 8. The molecule has 0 fully saturated rings. The van der Waals surface area contributed by atoms with Gasteiger partial charge in [-0.3, -0.25) is 5.43 Å². The van der Waals surface area contributed by atoms with Gasteiger partial charge in [-0.2, -0.15) is 0 Å². The van der Waals surface area contributed by atoms with E-state index in [-0.39, 0.29) is 0 Å². The summed E-state index contributed by atoms with van der Waals surface area (Å²) in [5, 5.41) is 3.49. The highest BCUT2D eigenvalue weighted by molar-refractivity contribution is 7.80. The van der Waals surface area contributed by atoms with E-state index in [9.17, 15) is 0 Å². The molecule has 0 aliphatic rings. The van der Waals surface area contributed by atoms with Crippen LogP contribution in [0.4, 0.5) is 0 Å². The van der Waals surface area contributed by atoms with Crippen LogP contribution in [-0.4, -0.2) is 18.7 Å². The van der Waals surface area contributed by atoms with Gasteiger partial charge in [0, 0.05) is 13.6 Å². The lowest BCUT2D eigenvalue weighted by Crippen LogP contribution is -2.42. The van der Waals surface area contributed by atoms with Crippen LogP contribution in [0.15, 0.2) is 0 Å². The van der Waals surface area contributed by atoms with Crippen LogP contribution >= 0.6 is 12.2 Å². The first kappa shape index (κ1) is 13.7. The largest absolute Gasteiger partial charge is 0.365 e. The van der Waals surface area contributed by atoms with Crippen LogP contribution in [0, 0.1) is 0 Å². The van der Waals surface area contributed by atoms with E-state index in [4.69, 9.17) is 12.2 Å². The molecule has 0 radical (unpaired) electrons. The van der Waals surface area contributed by atoms with Gasteiger partial charge in [-0.15, -0.1) is 0 Å². The Morgan fingerprint density at radius 3 is 2.36 bits per heavy atom. The Morgan fingerprint density at radius 2 is 1.71 bits per heavy atom. The van der Waals surface area contributed by atoms with E-state index in [1.54, 1.807) is 0 Å². The van der Waals surface area contributed by atoms with Crippen LogP contribution < -0.4 is 16.2 Å². The van der Waals surface area contributed by atoms with E-state index in [0.717, 1.165) is 6.54 Å². The molecule has 0 aromatic carbocycles. The average Bonchev–Trinajstić information content (AvgIpc) is 2.21. The van der Waals surface area contributed by atoms with Gasteiger partial charge in [0.15, 0.2) is 5.11 Å². The summed E-state index contributed by atoms with van der Waals surface area (Å²) in [6.07, 6.45) is 7.93. The summed E-state index contributed by atoms with van der Waals surface area (Å²) < 4.78 is 0. The summed E-state index contributed by atoms with van der Waals surface area (Å²) in [7, 11) is 1.81. The summed E-state index contributed by atoms with van der Waals surface area (Å²) in [4.78, 5) is 0. The number of unbranched alkanes of at least 4 members (excludes halogenated alkanes) is 5. The minimum Gasteiger partial charge on any atom is -0.365 e. The molecule has 0 aliphatic carbocycles. The predicted molar refractivity (Wildman–Crippen MR) is 66.2 cm³/mol. The molecule has 3 nitrogen and oxygen atoms in total. The van der Waals surface area contributed by atoms with Gasteiger partial charge >= 0.3 is 0 Å². The number of thiocarbonyl (C=S) groups is 1. The second kappa shape index (κ2) is 10.7. The molecular weight excluding hydrogens is 194 g/mol. The van der Waals surface area contributed by atoms with Gasteiger partial charge in [0.1, 0.15) is 0 Å². The molecule has 4 heteroatoms. The van der Waals surface area contributed by atoms with Crippen molar-refractivity contribution >= 4 is 17.3 Å². The molecule has 0 aromatic heterocycles. The second-order valence-corrected chi connectivity index (χ2v) is 3.81. The van der Waals surface area contributed by atoms with Gasteiger partial charge in [-0.05, 0) is 18.6 Å². The smallest absolute Gasteiger partial charge is 0.180 e. The molecule has 0 unspecified atom stereocenters. The van der Waals surface area contributed by atoms with Crippen molar-refractivity contribution in [3.05, 3.63) is 0 Å². The highest BCUT2D eigenvalue weighted by atomic mass is 32.1. The molecule has 0 aliphatic heterocycles. The Hall–Kier alpha value is -0.350. The molecule has 84 valence electrons. The maximum atomic E-state index is 4.91. The Bertz CT molecular complexity index is 139. The van der Waals surface area contributed by atoms with Crippen molar-refractivity contribution in [2.24, 2.45) is 0 Å². The van der Waals surface area contributed by atoms with E-state index in [1.165, 1.54) is 38.5 Å². The first-order chi connectivity index (χ1) is 6.81.